The molecule has 6 rings (SSSR count). The summed E-state index contributed by atoms with van der Waals surface area (Å²) in [6, 6.07) is 3.12. The number of amides is 2. The molecule has 15 heteroatoms. The number of hydrogen-bond acceptors (Lipinski definition) is 7. The summed E-state index contributed by atoms with van der Waals surface area (Å²) < 4.78 is 61.1. The van der Waals surface area contributed by atoms with Gasteiger partial charge in [0.2, 0.25) is 11.6 Å². The van der Waals surface area contributed by atoms with Crippen LogP contribution in [0.4, 0.5) is 23.4 Å². The largest absolute Gasteiger partial charge is 0.493 e. The number of nitrogens with one attached hydrogen (secondary N) is 1. The van der Waals surface area contributed by atoms with Gasteiger partial charge in [-0.2, -0.15) is 29.1 Å². The maximum atomic E-state index is 15.6. The van der Waals surface area contributed by atoms with Crippen LogP contribution >= 0.6 is 0 Å². The van der Waals surface area contributed by atoms with Crippen molar-refractivity contribution >= 4 is 29.7 Å². The topological polar surface area (TPSA) is 127 Å². The molecule has 4 aliphatic rings. The lowest BCUT2D eigenvalue weighted by Crippen LogP contribution is -2.53. The van der Waals surface area contributed by atoms with E-state index in [4.69, 9.17) is 15.6 Å². The zero-order valence-electron chi connectivity index (χ0n) is 23.4. The number of anilines is 1. The summed E-state index contributed by atoms with van der Waals surface area (Å²) in [4.78, 5) is 36.5. The molecule has 226 valence electrons. The molecule has 0 saturated carbocycles. The molecular weight excluding hydrogens is 572 g/mol. The van der Waals surface area contributed by atoms with Gasteiger partial charge in [-0.05, 0) is 38.3 Å². The minimum atomic E-state index is -4.69. The number of nitrogens with two attached hydrogens (primary N) is 1. The van der Waals surface area contributed by atoms with Crippen LogP contribution < -0.4 is 15.9 Å². The summed E-state index contributed by atoms with van der Waals surface area (Å²) in [5, 5.41) is 5.89. The number of aryl methyl sites for hydroxylation is 1. The first-order chi connectivity index (χ1) is 20.4. The summed E-state index contributed by atoms with van der Waals surface area (Å²) in [5.74, 6) is 4.82. The number of allylic oxidation sites excluding steroid dienone is 1. The molecular formula is C28H29F4N8O3+. The third kappa shape index (κ3) is 4.91. The van der Waals surface area contributed by atoms with Crippen LogP contribution in [0, 0.1) is 11.7 Å². The van der Waals surface area contributed by atoms with Gasteiger partial charge in [0.15, 0.2) is 5.82 Å². The van der Waals surface area contributed by atoms with Crippen LogP contribution in [0.25, 0.3) is 0 Å². The number of aromatic nitrogens is 2. The van der Waals surface area contributed by atoms with E-state index < -0.39 is 39.6 Å². The summed E-state index contributed by atoms with van der Waals surface area (Å²) >= 11 is 0. The number of benzene rings is 1. The van der Waals surface area contributed by atoms with Gasteiger partial charge in [0.1, 0.15) is 34.7 Å². The highest BCUT2D eigenvalue weighted by Gasteiger charge is 2.49. The van der Waals surface area contributed by atoms with E-state index in [0.29, 0.717) is 35.1 Å². The zero-order valence-corrected chi connectivity index (χ0v) is 23.4. The first-order valence-corrected chi connectivity index (χ1v) is 13.8. The van der Waals surface area contributed by atoms with Gasteiger partial charge in [-0.3, -0.25) is 19.3 Å². The number of amidine groups is 1. The van der Waals surface area contributed by atoms with Crippen molar-refractivity contribution in [2.75, 3.05) is 18.5 Å². The lowest BCUT2D eigenvalue weighted by Gasteiger charge is -2.35. The number of nitrogens with zero attached hydrogens (tertiary/aromatic N) is 6. The molecule has 4 aliphatic heterocycles. The number of fused-ring (bicyclic) bond motifs is 2. The van der Waals surface area contributed by atoms with E-state index in [0.717, 1.165) is 32.4 Å². The van der Waals surface area contributed by atoms with E-state index in [2.05, 4.69) is 15.4 Å². The first kappa shape index (κ1) is 28.7. The molecule has 0 aliphatic carbocycles. The molecule has 0 radical (unpaired) electrons. The molecule has 3 atom stereocenters. The number of carbonyl (C=O) groups excluding carboxylic acids is 2. The lowest BCUT2D eigenvalue weighted by atomic mass is 9.90. The van der Waals surface area contributed by atoms with Gasteiger partial charge in [0.25, 0.3) is 11.7 Å². The van der Waals surface area contributed by atoms with E-state index in [9.17, 15) is 22.8 Å². The minimum Gasteiger partial charge on any atom is -0.493 e. The molecule has 3 N–H and O–H groups in total. The summed E-state index contributed by atoms with van der Waals surface area (Å²) in [6.07, 6.45) is 3.00. The average molecular weight is 602 g/mol. The molecule has 2 aromatic rings. The predicted octanol–water partition coefficient (Wildman–Crippen LogP) is 3.85. The van der Waals surface area contributed by atoms with Crippen LogP contribution in [0.1, 0.15) is 54.2 Å². The van der Waals surface area contributed by atoms with Crippen molar-refractivity contribution in [3.8, 4) is 5.75 Å². The van der Waals surface area contributed by atoms with E-state index >= 15 is 4.39 Å². The third-order valence-corrected chi connectivity index (χ3v) is 8.19. The normalized spacial score (nSPS) is 24.8. The smallest absolute Gasteiger partial charge is 0.433 e. The Morgan fingerprint density at radius 1 is 1.23 bits per heavy atom. The number of alkyl halides is 3. The van der Waals surface area contributed by atoms with Gasteiger partial charge in [-0.15, -0.1) is 4.59 Å². The molecule has 2 amide bonds. The van der Waals surface area contributed by atoms with Gasteiger partial charge in [-0.1, -0.05) is 0 Å². The molecule has 1 aromatic carbocycles. The standard InChI is InChI=1S/C28H28F4N8O3/c1-3-43-21-11-17(27(42)35-23-12-22(28(30,31)32)38(2)37-23)19(29)10-18(21)26-36-25(20-13-34-8-9-40(20,26)33)15-4-5-16-6-7-24(41)39(16)14-15/h8-13,15-16H,3-7,14,33H2,1-2H3/p+1/t15-,16+,40?/m1/s1. The highest BCUT2D eigenvalue weighted by molar-refractivity contribution is 6.07. The Kier molecular flexibility index (Phi) is 6.96. The van der Waals surface area contributed by atoms with Crippen LogP contribution in [0.15, 0.2) is 52.0 Å². The molecule has 2 fully saturated rings. The SMILES string of the molecule is CCOc1cc(C(=O)Nc2cc(C(F)(F)F)n(C)n2)c(F)cc1C1=NC([C@@H]2CC[C@H]3CCC(=O)N3C2)=C2C=NC=C[N+]12N. The third-order valence-electron chi connectivity index (χ3n) is 8.19. The van der Waals surface area contributed by atoms with Crippen molar-refractivity contribution < 1.29 is 36.5 Å². The Balaban J connectivity index is 1.35. The van der Waals surface area contributed by atoms with Gasteiger partial charge in [0, 0.05) is 38.0 Å². The molecule has 1 unspecified atom stereocenters. The van der Waals surface area contributed by atoms with Crippen molar-refractivity contribution in [2.24, 2.45) is 28.8 Å². The fourth-order valence-corrected chi connectivity index (χ4v) is 6.13. The second-order valence-corrected chi connectivity index (χ2v) is 10.8. The van der Waals surface area contributed by atoms with Crippen molar-refractivity contribution in [2.45, 2.75) is 44.8 Å². The number of piperidine rings is 1. The van der Waals surface area contributed by atoms with E-state index in [1.807, 2.05) is 4.90 Å². The average Bonchev–Trinajstić information content (AvgIpc) is 3.61. The van der Waals surface area contributed by atoms with Crippen LogP contribution in [0.3, 0.4) is 0 Å². The number of rotatable bonds is 6. The molecule has 5 heterocycles. The monoisotopic (exact) mass is 601 g/mol. The van der Waals surface area contributed by atoms with Gasteiger partial charge < -0.3 is 15.0 Å². The van der Waals surface area contributed by atoms with E-state index in [1.54, 1.807) is 19.3 Å². The van der Waals surface area contributed by atoms with Gasteiger partial charge >= 0.3 is 6.18 Å². The van der Waals surface area contributed by atoms with Crippen molar-refractivity contribution in [1.29, 1.82) is 0 Å². The quantitative estimate of drug-likeness (QED) is 0.296. The maximum Gasteiger partial charge on any atom is 0.433 e. The maximum absolute atomic E-state index is 15.6. The Hall–Kier alpha value is -4.37. The highest BCUT2D eigenvalue weighted by Crippen LogP contribution is 2.42. The zero-order chi connectivity index (χ0) is 30.7. The number of halogens is 4. The van der Waals surface area contributed by atoms with Crippen LogP contribution in [-0.4, -0.2) is 62.3 Å². The molecule has 11 nitrogen and oxygen atoms in total. The highest BCUT2D eigenvalue weighted by atomic mass is 19.4. The number of hydrogen-bond donors (Lipinski definition) is 2. The predicted molar refractivity (Wildman–Crippen MR) is 147 cm³/mol. The number of carbonyl (C=O) groups is 2. The molecule has 0 spiro atoms. The summed E-state index contributed by atoms with van der Waals surface area (Å²) in [6.45, 7) is 2.35. The van der Waals surface area contributed by atoms with Crippen molar-refractivity contribution in [1.82, 2.24) is 14.7 Å². The second kappa shape index (κ2) is 10.4. The van der Waals surface area contributed by atoms with E-state index in [1.165, 1.54) is 12.3 Å². The van der Waals surface area contributed by atoms with Crippen molar-refractivity contribution in [3.63, 3.8) is 0 Å². The Morgan fingerprint density at radius 3 is 2.74 bits per heavy atom. The van der Waals surface area contributed by atoms with Crippen molar-refractivity contribution in [3.05, 3.63) is 64.6 Å². The molecule has 0 bridgehead atoms. The molecule has 1 aromatic heterocycles. The molecule has 2 saturated heterocycles. The fourth-order valence-electron chi connectivity index (χ4n) is 6.13. The van der Waals surface area contributed by atoms with Crippen LogP contribution in [0.5, 0.6) is 5.75 Å². The molecule has 43 heavy (non-hydrogen) atoms. The van der Waals surface area contributed by atoms with Gasteiger partial charge in [0.05, 0.1) is 24.6 Å². The first-order valence-electron chi connectivity index (χ1n) is 13.8. The number of quaternary nitrogens is 1. The second-order valence-electron chi connectivity index (χ2n) is 10.8. The lowest BCUT2D eigenvalue weighted by molar-refractivity contribution is -0.750. The Morgan fingerprint density at radius 2 is 2.02 bits per heavy atom. The van der Waals surface area contributed by atoms with Crippen LogP contribution in [-0.2, 0) is 18.0 Å². The number of aliphatic imine (C=N–C) groups is 2. The fraction of sp³-hybridized carbons (Fsp3) is 0.393. The minimum absolute atomic E-state index is 0.0997. The van der Waals surface area contributed by atoms with Gasteiger partial charge in [-0.25, -0.2) is 4.39 Å². The Bertz CT molecular complexity index is 1640. The van der Waals surface area contributed by atoms with E-state index in [-0.39, 0.29) is 41.6 Å². The summed E-state index contributed by atoms with van der Waals surface area (Å²) in [5.41, 5.74) is -0.140. The summed E-state index contributed by atoms with van der Waals surface area (Å²) in [7, 11) is 1.08. The number of ether oxygens (including phenoxy) is 1. The Labute approximate surface area is 243 Å². The van der Waals surface area contributed by atoms with Crippen LogP contribution in [0.2, 0.25) is 0 Å².